The van der Waals surface area contributed by atoms with Crippen molar-refractivity contribution in [2.75, 3.05) is 26.9 Å². The molecule has 7 rings (SSSR count). The van der Waals surface area contributed by atoms with Crippen LogP contribution in [0.25, 0.3) is 0 Å². The first-order valence-corrected chi connectivity index (χ1v) is 24.0. The van der Waals surface area contributed by atoms with Crippen molar-refractivity contribution in [3.05, 3.63) is 175 Å². The third-order valence-electron chi connectivity index (χ3n) is 7.99. The van der Waals surface area contributed by atoms with Gasteiger partial charge in [0.05, 0.1) is 25.4 Å². The fourth-order valence-electron chi connectivity index (χ4n) is 5.01. The Bertz CT molecular complexity index is 2580. The number of aryl methyl sites for hydroxylation is 1. The molecule has 0 aliphatic carbocycles. The summed E-state index contributed by atoms with van der Waals surface area (Å²) in [6, 6.07) is 33.6. The van der Waals surface area contributed by atoms with Crippen molar-refractivity contribution < 1.29 is 152 Å². The summed E-state index contributed by atoms with van der Waals surface area (Å²) >= 11 is 22.9. The standard InChI is InChI=1S/C11H10ClNO.C11H11ClO2.C10H8ClNO.C9H9ClO.C4H8O.C3H6O2.C2H6O.4CO2.CH4.ClH.H3NO.2Na.H2O.H/c1-8-6-11(14-13-8)7-9-2-4-10(12)5-3-9;1-8(13)6-11(14)7-9-2-4-10(12)5-3-9;11-9-3-1-8(2-4-9)7-10-5-6-12-13-10;1-7(11)6-8-2-4-9(10)5-3-8;1-2-4-5-3-1;1-3(4)5-2;1-2-3;4*2-1-3;;;1-2;;;;/h2-6H,7H2,1H3;2-5H,6-7H2,1H3;1-6H,7H2;2-5H,6H2,1H3;1-4H2;1-2H3;3H,2H2,1H3;;;;;1H4;1H;2H,1H2;;;1H2;/q;;;;;;;;;;;;;;2*+1;;-1/p-1. The molecular formula is C55H68Cl5N3Na2O19. The van der Waals surface area contributed by atoms with Crippen LogP contribution in [0.5, 0.6) is 0 Å². The molecule has 1 aliphatic rings. The molecule has 5 N–H and O–H groups in total. The van der Waals surface area contributed by atoms with Crippen LogP contribution < -0.4 is 65.0 Å². The first-order chi connectivity index (χ1) is 37.7. The predicted octanol–water partition coefficient (Wildman–Crippen LogP) is 4.02. The van der Waals surface area contributed by atoms with Gasteiger partial charge in [-0.1, -0.05) is 113 Å². The van der Waals surface area contributed by atoms with Gasteiger partial charge in [-0.15, -0.1) is 12.4 Å². The van der Waals surface area contributed by atoms with Gasteiger partial charge in [-0.3, -0.25) is 19.2 Å². The summed E-state index contributed by atoms with van der Waals surface area (Å²) in [6.07, 6.45) is 7.54. The number of aromatic nitrogens is 2. The molecule has 29 heteroatoms. The molecule has 0 bridgehead atoms. The number of aliphatic hydroxyl groups excluding tert-OH is 1. The van der Waals surface area contributed by atoms with Crippen LogP contribution in [-0.4, -0.2) is 101 Å². The molecule has 4 aromatic carbocycles. The third-order valence-corrected chi connectivity index (χ3v) is 9.00. The van der Waals surface area contributed by atoms with E-state index < -0.39 is 0 Å². The number of rotatable bonds is 10. The summed E-state index contributed by atoms with van der Waals surface area (Å²) in [4.78, 5) is 107. The van der Waals surface area contributed by atoms with Crippen molar-refractivity contribution in [1.82, 2.24) is 10.3 Å². The summed E-state index contributed by atoms with van der Waals surface area (Å²) in [5, 5.41) is 24.4. The number of benzene rings is 4. The smallest absolute Gasteiger partial charge is 1.00 e. The van der Waals surface area contributed by atoms with Gasteiger partial charge in [-0.2, -0.15) is 38.4 Å². The minimum Gasteiger partial charge on any atom is -1.00 e. The van der Waals surface area contributed by atoms with Crippen LogP contribution in [-0.2, 0) is 92.7 Å². The average Bonchev–Trinajstić information content (AvgIpc) is 4.24. The molecular weight excluding hydrogens is 1230 g/mol. The Morgan fingerprint density at radius 1 is 0.595 bits per heavy atom. The molecule has 3 heterocycles. The number of aliphatic hydroxyl groups is 1. The van der Waals surface area contributed by atoms with Crippen LogP contribution >= 0.6 is 58.8 Å². The first kappa shape index (κ1) is 101. The second-order valence-electron chi connectivity index (χ2n) is 14.4. The second kappa shape index (κ2) is 73.7. The maximum absolute atomic E-state index is 11.3. The largest absolute Gasteiger partial charge is 1.00 e. The number of carbonyl (C=O) groups excluding carboxylic acids is 12. The summed E-state index contributed by atoms with van der Waals surface area (Å²) in [6.45, 7) is 10.2. The SMILES string of the molecule is C.C1CCOC1.CC(=O)CC(=O)Cc1ccc(Cl)cc1.CC(=O)Cc1ccc(Cl)cc1.CCO.COC(C)=O.Cc1cc(Cc2ccc(Cl)cc2)on1.Cl.Clc1ccc(Cc2ccno2)cc1.NO.O=C=O.O=C=O.O=C=O.O=C=O.[H-].[Na+].[Na+].[OH-]. The molecule has 0 spiro atoms. The Labute approximate surface area is 559 Å². The number of nitrogens with two attached hydrogens (primary N) is 1. The Balaban J connectivity index is -0.0000000821. The Morgan fingerprint density at radius 2 is 0.905 bits per heavy atom. The van der Waals surface area contributed by atoms with Crippen LogP contribution in [0.3, 0.4) is 0 Å². The van der Waals surface area contributed by atoms with Gasteiger partial charge in [0.2, 0.25) is 0 Å². The molecule has 0 saturated carbocycles. The Kier molecular flexibility index (Phi) is 88.1. The number of halogens is 5. The molecule has 0 radical (unpaired) electrons. The third kappa shape index (κ3) is 72.7. The van der Waals surface area contributed by atoms with Crippen molar-refractivity contribution in [2.45, 2.75) is 87.0 Å². The van der Waals surface area contributed by atoms with Crippen LogP contribution in [0.15, 0.2) is 124 Å². The van der Waals surface area contributed by atoms with E-state index in [1.165, 1.54) is 44.9 Å². The van der Waals surface area contributed by atoms with Gasteiger partial charge >= 0.3 is 89.7 Å². The number of ketones is 3. The molecule has 2 aromatic heterocycles. The molecule has 0 amide bonds. The van der Waals surface area contributed by atoms with Gasteiger partial charge in [0.15, 0.2) is 0 Å². The van der Waals surface area contributed by atoms with E-state index >= 15 is 0 Å². The summed E-state index contributed by atoms with van der Waals surface area (Å²) in [7, 11) is 1.35. The van der Waals surface area contributed by atoms with Crippen LogP contribution in [0.1, 0.15) is 95.3 Å². The van der Waals surface area contributed by atoms with E-state index in [0.717, 1.165) is 64.4 Å². The van der Waals surface area contributed by atoms with Crippen molar-refractivity contribution in [1.29, 1.82) is 0 Å². The second-order valence-corrected chi connectivity index (χ2v) is 16.2. The quantitative estimate of drug-likeness (QED) is 0.0754. The number of esters is 1. The van der Waals surface area contributed by atoms with E-state index in [1.807, 2.05) is 79.7 Å². The molecule has 22 nitrogen and oxygen atoms in total. The predicted molar refractivity (Wildman–Crippen MR) is 301 cm³/mol. The minimum atomic E-state index is -0.245. The summed E-state index contributed by atoms with van der Waals surface area (Å²) < 4.78 is 19.2. The minimum absolute atomic E-state index is 0. The van der Waals surface area contributed by atoms with Gasteiger partial charge in [-0.25, -0.2) is 5.90 Å². The number of nitrogens with zero attached hydrogens (tertiary/aromatic N) is 2. The number of carbonyl (C=O) groups is 4. The van der Waals surface area contributed by atoms with Gasteiger partial charge < -0.3 is 35.7 Å². The molecule has 1 saturated heterocycles. The van der Waals surface area contributed by atoms with E-state index in [0.29, 0.717) is 22.9 Å². The van der Waals surface area contributed by atoms with Crippen molar-refractivity contribution in [2.24, 2.45) is 5.90 Å². The molecule has 1 fully saturated rings. The van der Waals surface area contributed by atoms with E-state index in [-0.39, 0.29) is 147 Å². The number of ether oxygens (including phenoxy) is 2. The normalized spacial score (nSPS) is 8.73. The van der Waals surface area contributed by atoms with Crippen LogP contribution in [0.4, 0.5) is 0 Å². The van der Waals surface area contributed by atoms with E-state index in [9.17, 15) is 19.2 Å². The van der Waals surface area contributed by atoms with E-state index in [1.54, 1.807) is 56.4 Å². The molecule has 84 heavy (non-hydrogen) atoms. The first-order valence-electron chi connectivity index (χ1n) is 22.5. The zero-order valence-corrected chi connectivity index (χ0v) is 54.6. The van der Waals surface area contributed by atoms with Crippen molar-refractivity contribution in [3.63, 3.8) is 0 Å². The zero-order chi connectivity index (χ0) is 61.2. The maximum Gasteiger partial charge on any atom is 1.00 e. The van der Waals surface area contributed by atoms with Gasteiger partial charge in [0.1, 0.15) is 28.9 Å². The van der Waals surface area contributed by atoms with E-state index in [4.69, 9.17) is 109 Å². The van der Waals surface area contributed by atoms with Crippen LogP contribution in [0.2, 0.25) is 20.1 Å². The fraction of sp³-hybridized carbons (Fsp3) is 0.309. The number of hydrogen-bond acceptors (Lipinski definition) is 22. The molecule has 6 aromatic rings. The number of methoxy groups -OCH3 is 1. The van der Waals surface area contributed by atoms with Crippen molar-refractivity contribution in [3.8, 4) is 0 Å². The summed E-state index contributed by atoms with van der Waals surface area (Å²) in [5.74, 6) is 5.02. The van der Waals surface area contributed by atoms with E-state index in [2.05, 4.69) is 20.9 Å². The van der Waals surface area contributed by atoms with Gasteiger partial charge in [-0.05, 0) is 111 Å². The number of Topliss-reactive ketones (excluding diaryl/α,β-unsaturated/α-hetero) is 3. The average molecular weight is 1300 g/mol. The molecule has 0 unspecified atom stereocenters. The monoisotopic (exact) mass is 1300 g/mol. The van der Waals surface area contributed by atoms with Crippen LogP contribution in [0, 0.1) is 6.92 Å². The molecule has 1 aliphatic heterocycles. The van der Waals surface area contributed by atoms with Gasteiger partial charge in [0, 0.05) is 84.7 Å². The maximum atomic E-state index is 11.3. The molecule has 454 valence electrons. The Hall–Kier alpha value is -5.45. The topological polar surface area (TPSA) is 372 Å². The van der Waals surface area contributed by atoms with Gasteiger partial charge in [0.25, 0.3) is 0 Å². The Morgan fingerprint density at radius 3 is 1.14 bits per heavy atom. The van der Waals surface area contributed by atoms with Crippen molar-refractivity contribution >= 4 is 107 Å². The summed E-state index contributed by atoms with van der Waals surface area (Å²) in [5.41, 5.74) is 5.16. The zero-order valence-electron chi connectivity index (χ0n) is 47.8. The fourth-order valence-corrected chi connectivity index (χ4v) is 5.51. The molecule has 0 atom stereocenters. The number of hydrogen-bond donors (Lipinski definition) is 3.